The number of nitrogens with one attached hydrogen (secondary N) is 1. The maximum atomic E-state index is 12.7. The number of thioether (sulfide) groups is 1. The third-order valence-corrected chi connectivity index (χ3v) is 6.17. The molecule has 1 aromatic carbocycles. The molecule has 1 saturated heterocycles. The second-order valence-corrected chi connectivity index (χ2v) is 8.36. The third kappa shape index (κ3) is 6.04. The van der Waals surface area contributed by atoms with Gasteiger partial charge in [-0.2, -0.15) is 0 Å². The van der Waals surface area contributed by atoms with Crippen LogP contribution in [-0.2, 0) is 10.5 Å². The molecule has 3 atom stereocenters. The Morgan fingerprint density at radius 3 is 2.71 bits per heavy atom. The summed E-state index contributed by atoms with van der Waals surface area (Å²) in [7, 11) is 0. The monoisotopic (exact) mass is 465 g/mol. The lowest BCUT2D eigenvalue weighted by Gasteiger charge is -2.39. The highest BCUT2D eigenvalue weighted by Crippen LogP contribution is 2.26. The van der Waals surface area contributed by atoms with Crippen LogP contribution in [0.4, 0.5) is 0 Å². The quantitative estimate of drug-likeness (QED) is 0.694. The van der Waals surface area contributed by atoms with Crippen molar-refractivity contribution in [2.45, 2.75) is 43.9 Å². The standard InChI is InChI=1S/C19H24ClN3O2S.2ClH/c1-12-13(2)23(9-8-21-12)19(24)14(3)26-11-18-22-10-17(25-18)15-4-6-16(20)7-5-15;;/h4-7,10,12-14,21H,8-9,11H2,1-3H3;2*1H. The summed E-state index contributed by atoms with van der Waals surface area (Å²) in [5.41, 5.74) is 0.936. The van der Waals surface area contributed by atoms with Gasteiger partial charge >= 0.3 is 0 Å². The molecule has 1 aliphatic rings. The van der Waals surface area contributed by atoms with Crippen LogP contribution >= 0.6 is 48.2 Å². The van der Waals surface area contributed by atoms with Crippen LogP contribution in [0.25, 0.3) is 11.3 Å². The fourth-order valence-corrected chi connectivity index (χ4v) is 3.92. The largest absolute Gasteiger partial charge is 0.440 e. The van der Waals surface area contributed by atoms with Crippen molar-refractivity contribution in [3.63, 3.8) is 0 Å². The summed E-state index contributed by atoms with van der Waals surface area (Å²) < 4.78 is 5.81. The van der Waals surface area contributed by atoms with Crippen molar-refractivity contribution in [1.29, 1.82) is 0 Å². The van der Waals surface area contributed by atoms with Crippen molar-refractivity contribution in [1.82, 2.24) is 15.2 Å². The molecule has 1 amide bonds. The van der Waals surface area contributed by atoms with Gasteiger partial charge in [-0.1, -0.05) is 11.6 Å². The molecule has 2 aromatic rings. The molecule has 2 heterocycles. The average molecular weight is 467 g/mol. The average Bonchev–Trinajstić information content (AvgIpc) is 3.11. The Morgan fingerprint density at radius 2 is 2.04 bits per heavy atom. The number of halogens is 3. The van der Waals surface area contributed by atoms with E-state index in [9.17, 15) is 4.79 Å². The molecule has 1 aromatic heterocycles. The predicted octanol–water partition coefficient (Wildman–Crippen LogP) is 4.67. The van der Waals surface area contributed by atoms with Crippen LogP contribution in [0.2, 0.25) is 5.02 Å². The molecule has 9 heteroatoms. The van der Waals surface area contributed by atoms with E-state index in [0.717, 1.165) is 18.7 Å². The predicted molar refractivity (Wildman–Crippen MR) is 121 cm³/mol. The van der Waals surface area contributed by atoms with Crippen molar-refractivity contribution >= 4 is 54.1 Å². The fourth-order valence-electron chi connectivity index (χ4n) is 2.99. The zero-order chi connectivity index (χ0) is 18.7. The Hall–Kier alpha value is -0.920. The van der Waals surface area contributed by atoms with Gasteiger partial charge in [-0.15, -0.1) is 36.6 Å². The molecule has 0 aliphatic carbocycles. The lowest BCUT2D eigenvalue weighted by molar-refractivity contribution is -0.133. The number of carbonyl (C=O) groups excluding carboxylic acids is 1. The molecular formula is C19H26Cl3N3O2S. The topological polar surface area (TPSA) is 58.4 Å². The van der Waals surface area contributed by atoms with Gasteiger partial charge in [0, 0.05) is 35.8 Å². The van der Waals surface area contributed by atoms with E-state index < -0.39 is 0 Å². The molecule has 0 bridgehead atoms. The second kappa shape index (κ2) is 11.3. The first-order valence-corrected chi connectivity index (χ1v) is 10.2. The van der Waals surface area contributed by atoms with E-state index in [1.807, 2.05) is 36.1 Å². The van der Waals surface area contributed by atoms with Gasteiger partial charge in [-0.3, -0.25) is 4.79 Å². The number of hydrogen-bond acceptors (Lipinski definition) is 5. The number of aromatic nitrogens is 1. The number of amides is 1. The van der Waals surface area contributed by atoms with E-state index in [-0.39, 0.29) is 42.0 Å². The second-order valence-electron chi connectivity index (χ2n) is 6.59. The summed E-state index contributed by atoms with van der Waals surface area (Å²) in [5.74, 6) is 2.08. The molecule has 0 spiro atoms. The summed E-state index contributed by atoms with van der Waals surface area (Å²) >= 11 is 7.47. The normalized spacial score (nSPS) is 20.1. The van der Waals surface area contributed by atoms with Crippen LogP contribution in [0.1, 0.15) is 26.7 Å². The number of rotatable bonds is 5. The van der Waals surface area contributed by atoms with Crippen LogP contribution in [0.3, 0.4) is 0 Å². The molecule has 156 valence electrons. The maximum absolute atomic E-state index is 12.7. The minimum atomic E-state index is -0.131. The SMILES string of the molecule is CC(SCc1ncc(-c2ccc(Cl)cc2)o1)C(=O)N1CCNC(C)C1C.Cl.Cl. The number of carbonyl (C=O) groups is 1. The van der Waals surface area contributed by atoms with Crippen LogP contribution in [-0.4, -0.2) is 46.2 Å². The molecule has 1 fully saturated rings. The number of oxazole rings is 1. The molecule has 1 N–H and O–H groups in total. The minimum Gasteiger partial charge on any atom is -0.440 e. The lowest BCUT2D eigenvalue weighted by Crippen LogP contribution is -2.58. The highest BCUT2D eigenvalue weighted by molar-refractivity contribution is 7.99. The summed E-state index contributed by atoms with van der Waals surface area (Å²) in [4.78, 5) is 19.1. The molecule has 3 rings (SSSR count). The Kier molecular flexibility index (Phi) is 10.1. The number of benzene rings is 1. The maximum Gasteiger partial charge on any atom is 0.235 e. The Labute approximate surface area is 187 Å². The zero-order valence-corrected chi connectivity index (χ0v) is 19.3. The van der Waals surface area contributed by atoms with E-state index in [0.29, 0.717) is 28.5 Å². The van der Waals surface area contributed by atoms with Gasteiger partial charge in [-0.25, -0.2) is 4.98 Å². The Bertz CT molecular complexity index is 757. The first-order valence-electron chi connectivity index (χ1n) is 8.82. The zero-order valence-electron chi connectivity index (χ0n) is 16.1. The Morgan fingerprint density at radius 1 is 1.36 bits per heavy atom. The van der Waals surface area contributed by atoms with E-state index in [4.69, 9.17) is 16.0 Å². The minimum absolute atomic E-state index is 0. The summed E-state index contributed by atoms with van der Waals surface area (Å²) in [6.07, 6.45) is 1.71. The highest BCUT2D eigenvalue weighted by atomic mass is 35.5. The molecule has 0 saturated carbocycles. The van der Waals surface area contributed by atoms with E-state index in [1.165, 1.54) is 0 Å². The smallest absolute Gasteiger partial charge is 0.235 e. The highest BCUT2D eigenvalue weighted by Gasteiger charge is 2.30. The van der Waals surface area contributed by atoms with Gasteiger partial charge in [0.05, 0.1) is 17.2 Å². The van der Waals surface area contributed by atoms with Crippen molar-refractivity contribution in [2.75, 3.05) is 13.1 Å². The van der Waals surface area contributed by atoms with Crippen LogP contribution < -0.4 is 5.32 Å². The van der Waals surface area contributed by atoms with Crippen molar-refractivity contribution in [2.24, 2.45) is 0 Å². The fraction of sp³-hybridized carbons (Fsp3) is 0.474. The first-order chi connectivity index (χ1) is 12.5. The lowest BCUT2D eigenvalue weighted by atomic mass is 10.1. The van der Waals surface area contributed by atoms with Gasteiger partial charge < -0.3 is 14.6 Å². The third-order valence-electron chi connectivity index (χ3n) is 4.80. The van der Waals surface area contributed by atoms with Crippen molar-refractivity contribution < 1.29 is 9.21 Å². The van der Waals surface area contributed by atoms with Gasteiger partial charge in [-0.05, 0) is 45.0 Å². The number of nitrogens with zero attached hydrogens (tertiary/aromatic N) is 2. The molecule has 3 unspecified atom stereocenters. The number of piperazine rings is 1. The molecular weight excluding hydrogens is 441 g/mol. The Balaban J connectivity index is 0.00000196. The van der Waals surface area contributed by atoms with Crippen LogP contribution in [0.15, 0.2) is 34.9 Å². The first kappa shape index (κ1) is 25.1. The van der Waals surface area contributed by atoms with E-state index >= 15 is 0 Å². The molecule has 5 nitrogen and oxygen atoms in total. The van der Waals surface area contributed by atoms with Gasteiger partial charge in [0.1, 0.15) is 0 Å². The van der Waals surface area contributed by atoms with E-state index in [2.05, 4.69) is 24.1 Å². The molecule has 0 radical (unpaired) electrons. The summed E-state index contributed by atoms with van der Waals surface area (Å²) in [6.45, 7) is 7.77. The van der Waals surface area contributed by atoms with Crippen molar-refractivity contribution in [3.8, 4) is 11.3 Å². The summed E-state index contributed by atoms with van der Waals surface area (Å²) in [6, 6.07) is 7.97. The molecule has 1 aliphatic heterocycles. The number of hydrogen-bond donors (Lipinski definition) is 1. The molecule has 28 heavy (non-hydrogen) atoms. The van der Waals surface area contributed by atoms with E-state index in [1.54, 1.807) is 18.0 Å². The van der Waals surface area contributed by atoms with Crippen LogP contribution in [0, 0.1) is 0 Å². The van der Waals surface area contributed by atoms with Gasteiger partial charge in [0.25, 0.3) is 0 Å². The van der Waals surface area contributed by atoms with Crippen LogP contribution in [0.5, 0.6) is 0 Å². The van der Waals surface area contributed by atoms with Crippen molar-refractivity contribution in [3.05, 3.63) is 41.4 Å². The van der Waals surface area contributed by atoms with Gasteiger partial charge in [0.15, 0.2) is 5.76 Å². The summed E-state index contributed by atoms with van der Waals surface area (Å²) in [5, 5.41) is 3.96. The van der Waals surface area contributed by atoms with Gasteiger partial charge in [0.2, 0.25) is 11.8 Å².